The molecular formula is C15H14ClN5O3. The molecule has 1 aromatic carbocycles. The van der Waals surface area contributed by atoms with E-state index in [2.05, 4.69) is 15.2 Å². The zero-order chi connectivity index (χ0) is 17.3. The number of nitrogens with zero attached hydrogens (tertiary/aromatic N) is 5. The number of rotatable bonds is 4. The fourth-order valence-corrected chi connectivity index (χ4v) is 2.24. The zero-order valence-electron chi connectivity index (χ0n) is 13.0. The second-order valence-corrected chi connectivity index (χ2v) is 5.61. The highest BCUT2D eigenvalue weighted by atomic mass is 35.5. The van der Waals surface area contributed by atoms with Crippen molar-refractivity contribution >= 4 is 17.5 Å². The number of amides is 1. The summed E-state index contributed by atoms with van der Waals surface area (Å²) in [6.07, 6.45) is 1.36. The SMILES string of the molecule is Cc1nc(CN(C)C(=O)c2nn(-c3ccc(Cl)cc3)cc2O)no1. The average molecular weight is 348 g/mol. The summed E-state index contributed by atoms with van der Waals surface area (Å²) >= 11 is 5.85. The molecule has 3 rings (SSSR count). The number of carbonyl (C=O) groups is 1. The molecule has 9 heteroatoms. The van der Waals surface area contributed by atoms with Crippen molar-refractivity contribution in [2.24, 2.45) is 0 Å². The molecule has 8 nitrogen and oxygen atoms in total. The van der Waals surface area contributed by atoms with Crippen LogP contribution in [0.4, 0.5) is 0 Å². The van der Waals surface area contributed by atoms with Gasteiger partial charge in [0.25, 0.3) is 5.91 Å². The largest absolute Gasteiger partial charge is 0.504 e. The Balaban J connectivity index is 1.81. The number of hydrogen-bond acceptors (Lipinski definition) is 6. The highest BCUT2D eigenvalue weighted by Crippen LogP contribution is 2.21. The summed E-state index contributed by atoms with van der Waals surface area (Å²) in [5, 5.41) is 18.5. The summed E-state index contributed by atoms with van der Waals surface area (Å²) < 4.78 is 6.28. The molecule has 0 saturated carbocycles. The van der Waals surface area contributed by atoms with Gasteiger partial charge in [-0.1, -0.05) is 16.8 Å². The van der Waals surface area contributed by atoms with Crippen LogP contribution in [0.3, 0.4) is 0 Å². The summed E-state index contributed by atoms with van der Waals surface area (Å²) in [5.74, 6) is 0.120. The van der Waals surface area contributed by atoms with E-state index in [-0.39, 0.29) is 18.0 Å². The number of hydrogen-bond donors (Lipinski definition) is 1. The Labute approximate surface area is 142 Å². The Hall–Kier alpha value is -2.87. The second kappa shape index (κ2) is 6.32. The van der Waals surface area contributed by atoms with Gasteiger partial charge >= 0.3 is 0 Å². The molecule has 0 aliphatic rings. The van der Waals surface area contributed by atoms with E-state index in [0.717, 1.165) is 0 Å². The van der Waals surface area contributed by atoms with Gasteiger partial charge in [0, 0.05) is 19.0 Å². The van der Waals surface area contributed by atoms with Crippen molar-refractivity contribution in [3.05, 3.63) is 52.9 Å². The molecule has 0 fully saturated rings. The van der Waals surface area contributed by atoms with Crippen molar-refractivity contribution in [3.63, 3.8) is 0 Å². The van der Waals surface area contributed by atoms with E-state index >= 15 is 0 Å². The molecule has 0 bridgehead atoms. The van der Waals surface area contributed by atoms with Crippen LogP contribution in [0.2, 0.25) is 5.02 Å². The fourth-order valence-electron chi connectivity index (χ4n) is 2.11. The fraction of sp³-hybridized carbons (Fsp3) is 0.200. The lowest BCUT2D eigenvalue weighted by atomic mass is 10.3. The molecule has 24 heavy (non-hydrogen) atoms. The van der Waals surface area contributed by atoms with Crippen LogP contribution in [0.15, 0.2) is 35.0 Å². The summed E-state index contributed by atoms with van der Waals surface area (Å²) in [7, 11) is 1.56. The highest BCUT2D eigenvalue weighted by molar-refractivity contribution is 6.30. The molecule has 124 valence electrons. The predicted octanol–water partition coefficient (Wildman–Crippen LogP) is 2.19. The van der Waals surface area contributed by atoms with E-state index in [1.807, 2.05) is 0 Å². The van der Waals surface area contributed by atoms with Gasteiger partial charge in [-0.05, 0) is 24.3 Å². The first-order chi connectivity index (χ1) is 11.4. The van der Waals surface area contributed by atoms with Crippen molar-refractivity contribution < 1.29 is 14.4 Å². The first-order valence-corrected chi connectivity index (χ1v) is 7.41. The van der Waals surface area contributed by atoms with E-state index in [0.29, 0.717) is 22.4 Å². The molecule has 0 unspecified atom stereocenters. The van der Waals surface area contributed by atoms with Crippen LogP contribution in [-0.4, -0.2) is 42.9 Å². The number of aromatic hydroxyl groups is 1. The third-order valence-electron chi connectivity index (χ3n) is 3.28. The van der Waals surface area contributed by atoms with Crippen LogP contribution >= 0.6 is 11.6 Å². The van der Waals surface area contributed by atoms with Gasteiger partial charge in [0.15, 0.2) is 17.3 Å². The van der Waals surface area contributed by atoms with Gasteiger partial charge < -0.3 is 14.5 Å². The number of aromatic nitrogens is 4. The van der Waals surface area contributed by atoms with E-state index in [4.69, 9.17) is 16.1 Å². The maximum absolute atomic E-state index is 12.5. The van der Waals surface area contributed by atoms with Gasteiger partial charge in [-0.25, -0.2) is 4.68 Å². The van der Waals surface area contributed by atoms with Gasteiger partial charge in [-0.15, -0.1) is 0 Å². The quantitative estimate of drug-likeness (QED) is 0.777. The minimum absolute atomic E-state index is 0.0623. The first kappa shape index (κ1) is 16.0. The topological polar surface area (TPSA) is 97.3 Å². The Morgan fingerprint density at radius 1 is 1.38 bits per heavy atom. The lowest BCUT2D eigenvalue weighted by molar-refractivity contribution is 0.0771. The molecule has 0 atom stereocenters. The highest BCUT2D eigenvalue weighted by Gasteiger charge is 2.22. The minimum atomic E-state index is -0.456. The summed E-state index contributed by atoms with van der Waals surface area (Å²) in [4.78, 5) is 17.8. The Morgan fingerprint density at radius 2 is 2.08 bits per heavy atom. The van der Waals surface area contributed by atoms with E-state index in [9.17, 15) is 9.90 Å². The summed E-state index contributed by atoms with van der Waals surface area (Å²) in [5.41, 5.74) is 0.609. The third-order valence-corrected chi connectivity index (χ3v) is 3.54. The number of halogens is 1. The van der Waals surface area contributed by atoms with Crippen LogP contribution in [0.5, 0.6) is 5.75 Å². The maximum atomic E-state index is 12.5. The monoisotopic (exact) mass is 347 g/mol. The van der Waals surface area contributed by atoms with Crippen LogP contribution in [0, 0.1) is 6.92 Å². The van der Waals surface area contributed by atoms with Gasteiger partial charge in [-0.2, -0.15) is 10.1 Å². The van der Waals surface area contributed by atoms with E-state index in [1.54, 1.807) is 38.2 Å². The zero-order valence-corrected chi connectivity index (χ0v) is 13.7. The van der Waals surface area contributed by atoms with Crippen molar-refractivity contribution in [2.75, 3.05) is 7.05 Å². The standard InChI is InChI=1S/C15H14ClN5O3/c1-9-17-13(19-24-9)8-20(2)15(23)14-12(22)7-21(18-14)11-5-3-10(16)4-6-11/h3-7,22H,8H2,1-2H3. The van der Waals surface area contributed by atoms with E-state index in [1.165, 1.54) is 15.8 Å². The first-order valence-electron chi connectivity index (χ1n) is 7.03. The molecule has 0 aliphatic carbocycles. The predicted molar refractivity (Wildman–Crippen MR) is 85.1 cm³/mol. The molecule has 2 aromatic heterocycles. The lowest BCUT2D eigenvalue weighted by Crippen LogP contribution is -2.27. The van der Waals surface area contributed by atoms with Crippen LogP contribution < -0.4 is 0 Å². The molecule has 0 spiro atoms. The van der Waals surface area contributed by atoms with Gasteiger partial charge in [0.2, 0.25) is 5.89 Å². The Kier molecular flexibility index (Phi) is 4.22. The average Bonchev–Trinajstić information content (AvgIpc) is 3.13. The summed E-state index contributed by atoms with van der Waals surface area (Å²) in [6.45, 7) is 1.81. The maximum Gasteiger partial charge on any atom is 0.278 e. The van der Waals surface area contributed by atoms with E-state index < -0.39 is 5.91 Å². The number of aryl methyl sites for hydroxylation is 1. The summed E-state index contributed by atoms with van der Waals surface area (Å²) in [6, 6.07) is 6.85. The van der Waals surface area contributed by atoms with Crippen molar-refractivity contribution in [1.82, 2.24) is 24.8 Å². The van der Waals surface area contributed by atoms with Crippen molar-refractivity contribution in [3.8, 4) is 11.4 Å². The van der Waals surface area contributed by atoms with Gasteiger partial charge in [0.1, 0.15) is 0 Å². The van der Waals surface area contributed by atoms with Gasteiger partial charge in [-0.3, -0.25) is 4.79 Å². The Bertz CT molecular complexity index is 872. The van der Waals surface area contributed by atoms with Crippen molar-refractivity contribution in [1.29, 1.82) is 0 Å². The van der Waals surface area contributed by atoms with Crippen LogP contribution in [0.1, 0.15) is 22.2 Å². The molecular weight excluding hydrogens is 334 g/mol. The molecule has 1 N–H and O–H groups in total. The van der Waals surface area contributed by atoms with Gasteiger partial charge in [0.05, 0.1) is 18.4 Å². The minimum Gasteiger partial charge on any atom is -0.504 e. The number of benzene rings is 1. The van der Waals surface area contributed by atoms with Crippen molar-refractivity contribution in [2.45, 2.75) is 13.5 Å². The van der Waals surface area contributed by atoms with Crippen LogP contribution in [0.25, 0.3) is 5.69 Å². The third kappa shape index (κ3) is 3.23. The van der Waals surface area contributed by atoms with Crippen LogP contribution in [-0.2, 0) is 6.54 Å². The second-order valence-electron chi connectivity index (χ2n) is 5.17. The molecule has 1 amide bonds. The normalized spacial score (nSPS) is 10.8. The molecule has 0 aliphatic heterocycles. The lowest BCUT2D eigenvalue weighted by Gasteiger charge is -2.13. The molecule has 0 saturated heterocycles. The number of carbonyl (C=O) groups excluding carboxylic acids is 1. The molecule has 3 aromatic rings. The molecule has 2 heterocycles. The molecule has 0 radical (unpaired) electrons. The Morgan fingerprint density at radius 3 is 2.71 bits per heavy atom. The smallest absolute Gasteiger partial charge is 0.278 e.